The smallest absolute Gasteiger partial charge is 0.270 e. The number of halogens is 2. The maximum Gasteiger partial charge on any atom is 0.270 e. The van der Waals surface area contributed by atoms with E-state index in [-0.39, 0.29) is 31.0 Å². The van der Waals surface area contributed by atoms with Gasteiger partial charge in [-0.05, 0) is 25.7 Å². The van der Waals surface area contributed by atoms with Crippen LogP contribution in [0.4, 0.5) is 8.78 Å². The molecule has 4 heterocycles. The van der Waals surface area contributed by atoms with Crippen molar-refractivity contribution in [3.63, 3.8) is 0 Å². The number of alkyl halides is 2. The van der Waals surface area contributed by atoms with E-state index >= 15 is 0 Å². The Morgan fingerprint density at radius 1 is 1.20 bits per heavy atom. The molecule has 2 aromatic rings. The van der Waals surface area contributed by atoms with Gasteiger partial charge in [0.15, 0.2) is 0 Å². The molecule has 2 aromatic heterocycles. The summed E-state index contributed by atoms with van der Waals surface area (Å²) < 4.78 is 34.1. The van der Waals surface area contributed by atoms with Gasteiger partial charge in [0.05, 0.1) is 25.5 Å². The molecular weight excluding hydrogens is 394 g/mol. The topological polar surface area (TPSA) is 85.2 Å². The van der Waals surface area contributed by atoms with Gasteiger partial charge in [-0.2, -0.15) is 0 Å². The lowest BCUT2D eigenvalue weighted by Crippen LogP contribution is -2.44. The molecule has 2 aliphatic heterocycles. The first-order valence-corrected chi connectivity index (χ1v) is 10.4. The Morgan fingerprint density at radius 2 is 2.03 bits per heavy atom. The molecule has 160 valence electrons. The second-order valence-electron chi connectivity index (χ2n) is 8.32. The number of hydrogen-bond donors (Lipinski definition) is 1. The van der Waals surface area contributed by atoms with Crippen molar-refractivity contribution in [3.8, 4) is 5.95 Å². The van der Waals surface area contributed by atoms with Gasteiger partial charge in [-0.1, -0.05) is 0 Å². The summed E-state index contributed by atoms with van der Waals surface area (Å²) in [4.78, 5) is 27.9. The van der Waals surface area contributed by atoms with E-state index in [1.54, 1.807) is 23.3 Å². The SMILES string of the molecule is O=C(N[C@H]1CC[C@H](N2CCC(F)(F)C2)CC1)c1nc(-n2ccnc2)nc2c1COC2. The van der Waals surface area contributed by atoms with Gasteiger partial charge < -0.3 is 10.1 Å². The minimum absolute atomic E-state index is 0.0153. The van der Waals surface area contributed by atoms with Crippen LogP contribution in [0, 0.1) is 0 Å². The third-order valence-electron chi connectivity index (χ3n) is 6.26. The van der Waals surface area contributed by atoms with Crippen LogP contribution in [0.1, 0.15) is 53.8 Å². The Labute approximate surface area is 172 Å². The largest absolute Gasteiger partial charge is 0.370 e. The first kappa shape index (κ1) is 19.5. The highest BCUT2D eigenvalue weighted by Gasteiger charge is 2.41. The van der Waals surface area contributed by atoms with Crippen LogP contribution in [-0.4, -0.2) is 61.4 Å². The van der Waals surface area contributed by atoms with Crippen molar-refractivity contribution < 1.29 is 18.3 Å². The molecule has 30 heavy (non-hydrogen) atoms. The van der Waals surface area contributed by atoms with Gasteiger partial charge in [-0.3, -0.25) is 14.3 Å². The zero-order chi connectivity index (χ0) is 20.7. The van der Waals surface area contributed by atoms with Gasteiger partial charge in [0.2, 0.25) is 5.95 Å². The molecule has 0 atom stereocenters. The Kier molecular flexibility index (Phi) is 4.98. The monoisotopic (exact) mass is 418 g/mol. The molecule has 3 aliphatic rings. The zero-order valence-corrected chi connectivity index (χ0v) is 16.6. The van der Waals surface area contributed by atoms with Gasteiger partial charge >= 0.3 is 0 Å². The number of amides is 1. The number of rotatable bonds is 4. The summed E-state index contributed by atoms with van der Waals surface area (Å²) in [5, 5.41) is 3.09. The lowest BCUT2D eigenvalue weighted by molar-refractivity contribution is 0.00504. The molecule has 1 aliphatic carbocycles. The van der Waals surface area contributed by atoms with Gasteiger partial charge in [0.25, 0.3) is 11.8 Å². The predicted molar refractivity (Wildman–Crippen MR) is 102 cm³/mol. The average molecular weight is 418 g/mol. The van der Waals surface area contributed by atoms with E-state index in [0.29, 0.717) is 31.4 Å². The van der Waals surface area contributed by atoms with E-state index in [2.05, 4.69) is 20.3 Å². The Hall–Kier alpha value is -2.46. The van der Waals surface area contributed by atoms with Crippen LogP contribution in [0.3, 0.4) is 0 Å². The molecule has 1 amide bonds. The van der Waals surface area contributed by atoms with E-state index in [1.807, 2.05) is 4.90 Å². The van der Waals surface area contributed by atoms with E-state index in [4.69, 9.17) is 4.74 Å². The van der Waals surface area contributed by atoms with Crippen LogP contribution < -0.4 is 5.32 Å². The fourth-order valence-electron chi connectivity index (χ4n) is 4.63. The van der Waals surface area contributed by atoms with Crippen molar-refractivity contribution in [3.05, 3.63) is 35.7 Å². The number of likely N-dealkylation sites (tertiary alicyclic amines) is 1. The van der Waals surface area contributed by atoms with Crippen molar-refractivity contribution in [2.24, 2.45) is 0 Å². The number of carbonyl (C=O) groups is 1. The average Bonchev–Trinajstić information content (AvgIpc) is 3.48. The lowest BCUT2D eigenvalue weighted by Gasteiger charge is -2.34. The van der Waals surface area contributed by atoms with Crippen LogP contribution in [-0.2, 0) is 18.0 Å². The number of hydrogen-bond acceptors (Lipinski definition) is 6. The molecule has 2 fully saturated rings. The molecule has 1 saturated heterocycles. The van der Waals surface area contributed by atoms with Crippen molar-refractivity contribution in [2.75, 3.05) is 13.1 Å². The number of fused-ring (bicyclic) bond motifs is 1. The van der Waals surface area contributed by atoms with Gasteiger partial charge in [0.1, 0.15) is 12.0 Å². The predicted octanol–water partition coefficient (Wildman–Crippen LogP) is 2.07. The van der Waals surface area contributed by atoms with Crippen LogP contribution in [0.5, 0.6) is 0 Å². The Morgan fingerprint density at radius 3 is 2.73 bits per heavy atom. The molecular formula is C20H24F2N6O2. The number of imidazole rings is 1. The third kappa shape index (κ3) is 3.81. The maximum absolute atomic E-state index is 13.5. The minimum Gasteiger partial charge on any atom is -0.370 e. The number of ether oxygens (including phenoxy) is 1. The molecule has 8 nitrogen and oxygen atoms in total. The first-order valence-electron chi connectivity index (χ1n) is 10.4. The van der Waals surface area contributed by atoms with Crippen LogP contribution in [0.2, 0.25) is 0 Å². The fraction of sp³-hybridized carbons (Fsp3) is 0.600. The van der Waals surface area contributed by atoms with E-state index < -0.39 is 5.92 Å². The van der Waals surface area contributed by atoms with Gasteiger partial charge in [0, 0.05) is 43.0 Å². The molecule has 1 N–H and O–H groups in total. The number of aromatic nitrogens is 4. The highest BCUT2D eigenvalue weighted by molar-refractivity contribution is 5.94. The summed E-state index contributed by atoms with van der Waals surface area (Å²) in [6.45, 7) is 0.987. The zero-order valence-electron chi connectivity index (χ0n) is 16.6. The molecule has 0 aromatic carbocycles. The lowest BCUT2D eigenvalue weighted by atomic mass is 9.90. The van der Waals surface area contributed by atoms with Crippen LogP contribution >= 0.6 is 0 Å². The van der Waals surface area contributed by atoms with Crippen LogP contribution in [0.15, 0.2) is 18.7 Å². The Bertz CT molecular complexity index is 928. The standard InChI is InChI=1S/C20H24F2N6O2/c21-20(22)5-7-27(11-20)14-3-1-13(2-4-14)24-18(29)17-15-9-30-10-16(15)25-19(26-17)28-8-6-23-12-28/h6,8,12-14H,1-5,7,9-11H2,(H,24,29)/t13-,14-. The molecule has 10 heteroatoms. The van der Waals surface area contributed by atoms with Crippen molar-refractivity contribution in [1.29, 1.82) is 0 Å². The normalized spacial score (nSPS) is 25.9. The molecule has 0 bridgehead atoms. The van der Waals surface area contributed by atoms with Crippen molar-refractivity contribution >= 4 is 5.91 Å². The maximum atomic E-state index is 13.5. The van der Waals surface area contributed by atoms with E-state index in [0.717, 1.165) is 36.9 Å². The summed E-state index contributed by atoms with van der Waals surface area (Å²) in [5.41, 5.74) is 1.78. The number of nitrogens with one attached hydrogen (secondary N) is 1. The summed E-state index contributed by atoms with van der Waals surface area (Å²) >= 11 is 0. The fourth-order valence-corrected chi connectivity index (χ4v) is 4.63. The van der Waals surface area contributed by atoms with Crippen molar-refractivity contribution in [2.45, 2.75) is 63.3 Å². The molecule has 0 unspecified atom stereocenters. The summed E-state index contributed by atoms with van der Waals surface area (Å²) in [6, 6.07) is 0.192. The van der Waals surface area contributed by atoms with Crippen molar-refractivity contribution in [1.82, 2.24) is 29.7 Å². The third-order valence-corrected chi connectivity index (χ3v) is 6.26. The highest BCUT2D eigenvalue weighted by Crippen LogP contribution is 2.33. The minimum atomic E-state index is -2.56. The van der Waals surface area contributed by atoms with Crippen LogP contribution in [0.25, 0.3) is 5.95 Å². The summed E-state index contributed by atoms with van der Waals surface area (Å²) in [6.07, 6.45) is 8.06. The quantitative estimate of drug-likeness (QED) is 0.818. The summed E-state index contributed by atoms with van der Waals surface area (Å²) in [5.74, 6) is -2.41. The van der Waals surface area contributed by atoms with E-state index in [1.165, 1.54) is 0 Å². The van der Waals surface area contributed by atoms with Gasteiger partial charge in [-0.15, -0.1) is 0 Å². The Balaban J connectivity index is 1.25. The highest BCUT2D eigenvalue weighted by atomic mass is 19.3. The summed E-state index contributed by atoms with van der Waals surface area (Å²) in [7, 11) is 0. The molecule has 0 radical (unpaired) electrons. The number of nitrogens with zero attached hydrogens (tertiary/aromatic N) is 5. The number of carbonyl (C=O) groups excluding carboxylic acids is 1. The van der Waals surface area contributed by atoms with E-state index in [9.17, 15) is 13.6 Å². The molecule has 1 saturated carbocycles. The molecule has 5 rings (SSSR count). The second-order valence-corrected chi connectivity index (χ2v) is 8.32. The first-order chi connectivity index (χ1) is 14.5. The second kappa shape index (κ2) is 7.66. The molecule has 0 spiro atoms. The van der Waals surface area contributed by atoms with Gasteiger partial charge in [-0.25, -0.2) is 23.7 Å².